The number of aromatic nitrogens is 2. The van der Waals surface area contributed by atoms with Crippen LogP contribution in [0, 0.1) is 13.8 Å². The van der Waals surface area contributed by atoms with Crippen molar-refractivity contribution < 1.29 is 13.2 Å². The zero-order valence-corrected chi connectivity index (χ0v) is 20.3. The van der Waals surface area contributed by atoms with Crippen LogP contribution in [0.4, 0.5) is 28.8 Å². The Morgan fingerprint density at radius 2 is 1.31 bits per heavy atom. The second-order valence-electron chi connectivity index (χ2n) is 8.10. The molecule has 1 aromatic heterocycles. The molecular formula is C26H25N5O3S. The van der Waals surface area contributed by atoms with Crippen molar-refractivity contribution in [2.75, 3.05) is 15.4 Å². The van der Waals surface area contributed by atoms with Gasteiger partial charge in [0.05, 0.1) is 4.90 Å². The predicted octanol–water partition coefficient (Wildman–Crippen LogP) is 5.58. The summed E-state index contributed by atoms with van der Waals surface area (Å²) in [5, 5.41) is 6.42. The highest BCUT2D eigenvalue weighted by Gasteiger charge is 2.15. The first-order valence-corrected chi connectivity index (χ1v) is 12.4. The second kappa shape index (κ2) is 9.94. The summed E-state index contributed by atoms with van der Waals surface area (Å²) in [5.41, 5.74) is 4.44. The van der Waals surface area contributed by atoms with E-state index in [4.69, 9.17) is 0 Å². The van der Waals surface area contributed by atoms with E-state index in [1.54, 1.807) is 24.3 Å². The molecule has 0 fully saturated rings. The third-order valence-corrected chi connectivity index (χ3v) is 6.54. The quantitative estimate of drug-likeness (QED) is 0.278. The fraction of sp³-hybridized carbons (Fsp3) is 0.115. The Bertz CT molecular complexity index is 1450. The number of rotatable bonds is 8. The third-order valence-electron chi connectivity index (χ3n) is 5.14. The van der Waals surface area contributed by atoms with Crippen molar-refractivity contribution in [1.82, 2.24) is 9.97 Å². The van der Waals surface area contributed by atoms with Gasteiger partial charge in [0.15, 0.2) is 5.78 Å². The maximum absolute atomic E-state index is 12.7. The number of ketones is 1. The summed E-state index contributed by atoms with van der Waals surface area (Å²) in [5.74, 6) is 0.947. The number of sulfonamides is 1. The maximum Gasteiger partial charge on any atom is 0.261 e. The van der Waals surface area contributed by atoms with E-state index >= 15 is 0 Å². The molecule has 0 atom stereocenters. The van der Waals surface area contributed by atoms with Gasteiger partial charge in [0.1, 0.15) is 5.82 Å². The van der Waals surface area contributed by atoms with Crippen molar-refractivity contribution in [3.05, 3.63) is 95.7 Å². The van der Waals surface area contributed by atoms with Crippen molar-refractivity contribution in [2.24, 2.45) is 0 Å². The van der Waals surface area contributed by atoms with Crippen LogP contribution in [0.2, 0.25) is 0 Å². The summed E-state index contributed by atoms with van der Waals surface area (Å²) in [7, 11) is -3.79. The van der Waals surface area contributed by atoms with Gasteiger partial charge in [0.2, 0.25) is 5.95 Å². The Labute approximate surface area is 204 Å². The highest BCUT2D eigenvalue weighted by molar-refractivity contribution is 7.92. The molecule has 3 aromatic carbocycles. The van der Waals surface area contributed by atoms with Crippen LogP contribution < -0.4 is 15.4 Å². The summed E-state index contributed by atoms with van der Waals surface area (Å²) in [6, 6.07) is 22.4. The summed E-state index contributed by atoms with van der Waals surface area (Å²) >= 11 is 0. The van der Waals surface area contributed by atoms with Crippen molar-refractivity contribution in [3.8, 4) is 0 Å². The van der Waals surface area contributed by atoms with E-state index in [1.807, 2.05) is 44.2 Å². The minimum atomic E-state index is -3.79. The second-order valence-corrected chi connectivity index (χ2v) is 9.78. The van der Waals surface area contributed by atoms with Crippen molar-refractivity contribution >= 4 is 44.6 Å². The Balaban J connectivity index is 1.45. The molecular weight excluding hydrogens is 462 g/mol. The Hall–Kier alpha value is -4.24. The van der Waals surface area contributed by atoms with Crippen LogP contribution in [0.5, 0.6) is 0 Å². The zero-order chi connectivity index (χ0) is 25.0. The van der Waals surface area contributed by atoms with E-state index in [2.05, 4.69) is 25.3 Å². The molecule has 4 rings (SSSR count). The molecule has 0 radical (unpaired) electrons. The Morgan fingerprint density at radius 1 is 0.743 bits per heavy atom. The number of carbonyl (C=O) groups is 1. The highest BCUT2D eigenvalue weighted by Crippen LogP contribution is 2.22. The Kier molecular flexibility index (Phi) is 6.79. The lowest BCUT2D eigenvalue weighted by Crippen LogP contribution is -2.13. The van der Waals surface area contributed by atoms with Gasteiger partial charge < -0.3 is 10.6 Å². The van der Waals surface area contributed by atoms with Gasteiger partial charge in [0, 0.05) is 34.4 Å². The third kappa shape index (κ3) is 6.21. The number of carbonyl (C=O) groups excluding carboxylic acids is 1. The molecule has 0 spiro atoms. The molecule has 35 heavy (non-hydrogen) atoms. The van der Waals surface area contributed by atoms with E-state index in [-0.39, 0.29) is 10.7 Å². The largest absolute Gasteiger partial charge is 0.340 e. The molecule has 9 heteroatoms. The predicted molar refractivity (Wildman–Crippen MR) is 138 cm³/mol. The summed E-state index contributed by atoms with van der Waals surface area (Å²) in [4.78, 5) is 20.4. The van der Waals surface area contributed by atoms with Crippen LogP contribution in [0.25, 0.3) is 0 Å². The van der Waals surface area contributed by atoms with Crippen molar-refractivity contribution in [2.45, 2.75) is 25.7 Å². The first-order chi connectivity index (χ1) is 16.7. The fourth-order valence-electron chi connectivity index (χ4n) is 3.31. The average Bonchev–Trinajstić information content (AvgIpc) is 2.81. The van der Waals surface area contributed by atoms with E-state index < -0.39 is 10.0 Å². The van der Waals surface area contributed by atoms with E-state index in [9.17, 15) is 13.2 Å². The number of Topliss-reactive ketones (excluding diaryl/α,β-unsaturated/α-hetero) is 1. The van der Waals surface area contributed by atoms with Gasteiger partial charge in [-0.1, -0.05) is 29.8 Å². The topological polar surface area (TPSA) is 113 Å². The molecule has 0 saturated heterocycles. The smallest absolute Gasteiger partial charge is 0.261 e. The molecule has 3 N–H and O–H groups in total. The van der Waals surface area contributed by atoms with Crippen LogP contribution in [0.3, 0.4) is 0 Å². The monoisotopic (exact) mass is 487 g/mol. The normalized spacial score (nSPS) is 11.1. The lowest BCUT2D eigenvalue weighted by atomic mass is 10.2. The van der Waals surface area contributed by atoms with Crippen molar-refractivity contribution in [1.29, 1.82) is 0 Å². The molecule has 178 valence electrons. The van der Waals surface area contributed by atoms with Gasteiger partial charge in [0.25, 0.3) is 10.0 Å². The Morgan fingerprint density at radius 3 is 1.94 bits per heavy atom. The highest BCUT2D eigenvalue weighted by atomic mass is 32.2. The van der Waals surface area contributed by atoms with Crippen molar-refractivity contribution in [3.63, 3.8) is 0 Å². The first-order valence-electron chi connectivity index (χ1n) is 10.9. The lowest BCUT2D eigenvalue weighted by molar-refractivity contribution is 0.101. The molecule has 0 unspecified atom stereocenters. The first kappa shape index (κ1) is 23.9. The zero-order valence-electron chi connectivity index (χ0n) is 19.5. The van der Waals surface area contributed by atoms with E-state index in [0.717, 1.165) is 11.4 Å². The molecule has 0 amide bonds. The van der Waals surface area contributed by atoms with Gasteiger partial charge in [-0.25, -0.2) is 13.4 Å². The number of hydrogen-bond acceptors (Lipinski definition) is 7. The number of anilines is 5. The van der Waals surface area contributed by atoms with Gasteiger partial charge in [-0.3, -0.25) is 9.52 Å². The molecule has 0 aliphatic heterocycles. The summed E-state index contributed by atoms with van der Waals surface area (Å²) in [6.45, 7) is 5.35. The molecule has 0 aliphatic carbocycles. The van der Waals surface area contributed by atoms with Gasteiger partial charge in [-0.15, -0.1) is 0 Å². The molecule has 0 aliphatic rings. The maximum atomic E-state index is 12.7. The van der Waals surface area contributed by atoms with E-state index in [1.165, 1.54) is 36.8 Å². The number of benzene rings is 3. The standard InChI is InChI=1S/C26H25N5O3S/c1-17-4-8-21(9-5-17)28-25-16-18(2)27-26(30-25)29-22-10-12-23(13-11-22)31-35(33,34)24-14-6-20(7-15-24)19(3)32/h4-16,31H,1-3H3,(H2,27,28,29,30). The number of hydrogen-bond donors (Lipinski definition) is 3. The minimum absolute atomic E-state index is 0.0754. The lowest BCUT2D eigenvalue weighted by Gasteiger charge is -2.12. The van der Waals surface area contributed by atoms with Gasteiger partial charge in [-0.05, 0) is 69.3 Å². The molecule has 1 heterocycles. The summed E-state index contributed by atoms with van der Waals surface area (Å²) in [6.07, 6.45) is 0. The van der Waals surface area contributed by atoms with E-state index in [0.29, 0.717) is 28.7 Å². The molecule has 8 nitrogen and oxygen atoms in total. The minimum Gasteiger partial charge on any atom is -0.340 e. The molecule has 4 aromatic rings. The fourth-order valence-corrected chi connectivity index (χ4v) is 4.37. The number of nitrogens with one attached hydrogen (secondary N) is 3. The number of aryl methyl sites for hydroxylation is 2. The number of nitrogens with zero attached hydrogens (tertiary/aromatic N) is 2. The molecule has 0 bridgehead atoms. The van der Waals surface area contributed by atoms with Crippen LogP contribution in [0.1, 0.15) is 28.5 Å². The van der Waals surface area contributed by atoms with Gasteiger partial charge >= 0.3 is 0 Å². The van der Waals surface area contributed by atoms with Gasteiger partial charge in [-0.2, -0.15) is 4.98 Å². The summed E-state index contributed by atoms with van der Waals surface area (Å²) < 4.78 is 27.9. The van der Waals surface area contributed by atoms with Crippen LogP contribution in [0.15, 0.2) is 83.8 Å². The SMILES string of the molecule is CC(=O)c1ccc(S(=O)(=O)Nc2ccc(Nc3nc(C)cc(Nc4ccc(C)cc4)n3)cc2)cc1. The average molecular weight is 488 g/mol. The van der Waals surface area contributed by atoms with Crippen LogP contribution in [-0.4, -0.2) is 24.2 Å². The molecule has 0 saturated carbocycles. The van der Waals surface area contributed by atoms with Crippen LogP contribution >= 0.6 is 0 Å². The van der Waals surface area contributed by atoms with Crippen LogP contribution in [-0.2, 0) is 10.0 Å².